The summed E-state index contributed by atoms with van der Waals surface area (Å²) in [5, 5.41) is 12.1. The summed E-state index contributed by atoms with van der Waals surface area (Å²) in [5.74, 6) is -1.93. The molecule has 0 aromatic heterocycles. The van der Waals surface area contributed by atoms with Crippen LogP contribution in [0.5, 0.6) is 0 Å². The molecule has 2 atom stereocenters. The van der Waals surface area contributed by atoms with Crippen LogP contribution in [0.25, 0.3) is 0 Å². The molecule has 1 aliphatic heterocycles. The monoisotopic (exact) mass is 377 g/mol. The largest absolute Gasteiger partial charge is 0.478 e. The molecule has 26 heavy (non-hydrogen) atoms. The molecule has 0 aliphatic carbocycles. The second-order valence-electron chi connectivity index (χ2n) is 6.07. The fourth-order valence-electron chi connectivity index (χ4n) is 3.07. The molecule has 2 unspecified atom stereocenters. The maximum atomic E-state index is 13.7. The van der Waals surface area contributed by atoms with Gasteiger partial charge in [0, 0.05) is 6.61 Å². The van der Waals surface area contributed by atoms with Gasteiger partial charge in [-0.1, -0.05) is 35.9 Å². The number of hydrogen-bond acceptors (Lipinski definition) is 3. The number of carbonyl (C=O) groups excluding carboxylic acids is 1. The summed E-state index contributed by atoms with van der Waals surface area (Å²) in [5.41, 5.74) is 1.13. The topological polar surface area (TPSA) is 75.6 Å². The van der Waals surface area contributed by atoms with Gasteiger partial charge in [0.2, 0.25) is 5.91 Å². The fraction of sp³-hybridized carbons (Fsp3) is 0.263. The van der Waals surface area contributed by atoms with E-state index < -0.39 is 17.9 Å². The predicted octanol–water partition coefficient (Wildman–Crippen LogP) is 3.37. The van der Waals surface area contributed by atoms with Crippen molar-refractivity contribution in [3.63, 3.8) is 0 Å². The molecule has 136 valence electrons. The van der Waals surface area contributed by atoms with Crippen molar-refractivity contribution < 1.29 is 23.8 Å². The molecule has 0 bridgehead atoms. The molecule has 0 spiro atoms. The molecular weight excluding hydrogens is 361 g/mol. The van der Waals surface area contributed by atoms with Gasteiger partial charge in [-0.25, -0.2) is 9.18 Å². The lowest BCUT2D eigenvalue weighted by molar-refractivity contribution is -0.121. The average Bonchev–Trinajstić information content (AvgIpc) is 3.05. The van der Waals surface area contributed by atoms with E-state index >= 15 is 0 Å². The Morgan fingerprint density at radius 2 is 2.04 bits per heavy atom. The molecule has 2 N–H and O–H groups in total. The van der Waals surface area contributed by atoms with Gasteiger partial charge in [-0.3, -0.25) is 4.79 Å². The molecule has 5 nitrogen and oxygen atoms in total. The smallest absolute Gasteiger partial charge is 0.335 e. The summed E-state index contributed by atoms with van der Waals surface area (Å²) in [4.78, 5) is 23.6. The van der Waals surface area contributed by atoms with E-state index in [2.05, 4.69) is 5.32 Å². The van der Waals surface area contributed by atoms with Crippen molar-refractivity contribution in [2.45, 2.75) is 25.0 Å². The highest BCUT2D eigenvalue weighted by Gasteiger charge is 2.31. The van der Waals surface area contributed by atoms with Crippen molar-refractivity contribution in [2.24, 2.45) is 0 Å². The zero-order valence-corrected chi connectivity index (χ0v) is 14.5. The average molecular weight is 378 g/mol. The molecule has 0 radical (unpaired) electrons. The van der Waals surface area contributed by atoms with Crippen molar-refractivity contribution in [3.8, 4) is 0 Å². The van der Waals surface area contributed by atoms with Crippen LogP contribution in [0, 0.1) is 5.82 Å². The minimum Gasteiger partial charge on any atom is -0.478 e. The number of ether oxygens (including phenoxy) is 1. The van der Waals surface area contributed by atoms with Crippen LogP contribution in [0.3, 0.4) is 0 Å². The maximum absolute atomic E-state index is 13.7. The molecule has 2 aromatic carbocycles. The van der Waals surface area contributed by atoms with Gasteiger partial charge in [0.25, 0.3) is 0 Å². The van der Waals surface area contributed by atoms with Crippen LogP contribution < -0.4 is 5.32 Å². The van der Waals surface area contributed by atoms with Crippen molar-refractivity contribution in [2.75, 3.05) is 6.61 Å². The van der Waals surface area contributed by atoms with Crippen molar-refractivity contribution in [1.82, 2.24) is 5.32 Å². The van der Waals surface area contributed by atoms with E-state index in [1.54, 1.807) is 24.3 Å². The second kappa shape index (κ2) is 7.85. The first-order valence-corrected chi connectivity index (χ1v) is 8.50. The van der Waals surface area contributed by atoms with E-state index in [0.29, 0.717) is 24.2 Å². The minimum atomic E-state index is -1.08. The van der Waals surface area contributed by atoms with Gasteiger partial charge < -0.3 is 15.2 Å². The zero-order valence-electron chi connectivity index (χ0n) is 13.7. The molecule has 3 rings (SSSR count). The minimum absolute atomic E-state index is 0.0256. The third-order valence-electron chi connectivity index (χ3n) is 4.31. The normalized spacial score (nSPS) is 19.3. The number of carboxylic acid groups (broad SMARTS) is 1. The lowest BCUT2D eigenvalue weighted by Gasteiger charge is -2.20. The van der Waals surface area contributed by atoms with Gasteiger partial charge >= 0.3 is 5.97 Å². The number of carboxylic acids is 1. The number of nitrogens with one attached hydrogen (secondary N) is 1. The standard InChI is InChI=1S/C19H17ClFNO4/c20-14-6-5-12(9-15(14)21)18-16(7-8-26-18)22-17(23)10-11-3-1-2-4-13(11)19(24)25/h1-6,9,16,18H,7-8,10H2,(H,22,23)(H,24,25). The van der Waals surface area contributed by atoms with Crippen LogP contribution in [0.15, 0.2) is 42.5 Å². The first kappa shape index (κ1) is 18.4. The number of halogens is 2. The molecule has 7 heteroatoms. The lowest BCUT2D eigenvalue weighted by atomic mass is 10.0. The number of hydrogen-bond donors (Lipinski definition) is 2. The Morgan fingerprint density at radius 1 is 1.27 bits per heavy atom. The lowest BCUT2D eigenvalue weighted by Crippen LogP contribution is -2.38. The third-order valence-corrected chi connectivity index (χ3v) is 4.62. The highest BCUT2D eigenvalue weighted by Crippen LogP contribution is 2.31. The first-order valence-electron chi connectivity index (χ1n) is 8.13. The summed E-state index contributed by atoms with van der Waals surface area (Å²) in [6.45, 7) is 0.436. The van der Waals surface area contributed by atoms with Gasteiger partial charge in [-0.15, -0.1) is 0 Å². The van der Waals surface area contributed by atoms with Gasteiger partial charge in [0.15, 0.2) is 0 Å². The number of benzene rings is 2. The summed E-state index contributed by atoms with van der Waals surface area (Å²) in [6.07, 6.45) is 0.0578. The van der Waals surface area contributed by atoms with Crippen LogP contribution in [-0.2, 0) is 16.0 Å². The Morgan fingerprint density at radius 3 is 2.77 bits per heavy atom. The molecule has 1 aliphatic rings. The SMILES string of the molecule is O=C(Cc1ccccc1C(=O)O)NC1CCOC1c1ccc(Cl)c(F)c1. The quantitative estimate of drug-likeness (QED) is 0.837. The Bertz CT molecular complexity index is 842. The molecule has 1 saturated heterocycles. The number of rotatable bonds is 5. The number of carbonyl (C=O) groups is 2. The van der Waals surface area contributed by atoms with Crippen LogP contribution in [0.4, 0.5) is 4.39 Å². The highest BCUT2D eigenvalue weighted by molar-refractivity contribution is 6.30. The predicted molar refractivity (Wildman–Crippen MR) is 93.8 cm³/mol. The highest BCUT2D eigenvalue weighted by atomic mass is 35.5. The first-order chi connectivity index (χ1) is 12.5. The summed E-state index contributed by atoms with van der Waals surface area (Å²) in [6, 6.07) is 10.5. The summed E-state index contributed by atoms with van der Waals surface area (Å²) in [7, 11) is 0. The van der Waals surface area contributed by atoms with E-state index in [4.69, 9.17) is 16.3 Å². The van der Waals surface area contributed by atoms with E-state index in [0.717, 1.165) is 0 Å². The van der Waals surface area contributed by atoms with E-state index in [1.165, 1.54) is 18.2 Å². The van der Waals surface area contributed by atoms with E-state index in [-0.39, 0.29) is 29.0 Å². The molecule has 2 aromatic rings. The maximum Gasteiger partial charge on any atom is 0.335 e. The van der Waals surface area contributed by atoms with Crippen LogP contribution in [-0.4, -0.2) is 29.6 Å². The van der Waals surface area contributed by atoms with E-state index in [1.807, 2.05) is 0 Å². The Balaban J connectivity index is 1.70. The van der Waals surface area contributed by atoms with Gasteiger partial charge in [-0.2, -0.15) is 0 Å². The Labute approximate surface area is 154 Å². The summed E-state index contributed by atoms with van der Waals surface area (Å²) < 4.78 is 19.3. The summed E-state index contributed by atoms with van der Waals surface area (Å²) >= 11 is 5.71. The number of aromatic carboxylic acids is 1. The Hall–Kier alpha value is -2.44. The van der Waals surface area contributed by atoms with Gasteiger partial charge in [0.05, 0.1) is 23.0 Å². The molecular formula is C19H17ClFNO4. The second-order valence-corrected chi connectivity index (χ2v) is 6.47. The Kier molecular flexibility index (Phi) is 5.54. The van der Waals surface area contributed by atoms with Crippen LogP contribution >= 0.6 is 11.6 Å². The van der Waals surface area contributed by atoms with Crippen molar-refractivity contribution in [3.05, 3.63) is 70.0 Å². The van der Waals surface area contributed by atoms with Crippen LogP contribution in [0.2, 0.25) is 5.02 Å². The zero-order chi connectivity index (χ0) is 18.7. The molecule has 1 amide bonds. The molecule has 1 heterocycles. The van der Waals surface area contributed by atoms with E-state index in [9.17, 15) is 19.1 Å². The molecule has 1 fully saturated rings. The van der Waals surface area contributed by atoms with Gasteiger partial charge in [0.1, 0.15) is 11.9 Å². The van der Waals surface area contributed by atoms with Crippen molar-refractivity contribution >= 4 is 23.5 Å². The van der Waals surface area contributed by atoms with Crippen molar-refractivity contribution in [1.29, 1.82) is 0 Å². The number of amides is 1. The molecule has 0 saturated carbocycles. The van der Waals surface area contributed by atoms with Crippen LogP contribution in [0.1, 0.15) is 34.0 Å². The third kappa shape index (κ3) is 4.03. The van der Waals surface area contributed by atoms with Gasteiger partial charge in [-0.05, 0) is 35.7 Å². The fourth-order valence-corrected chi connectivity index (χ4v) is 3.19.